The maximum atomic E-state index is 13.1. The molecule has 0 saturated carbocycles. The number of hydrogen-bond acceptors (Lipinski definition) is 2. The minimum Gasteiger partial charge on any atom is -0.373 e. The lowest BCUT2D eigenvalue weighted by atomic mass is 9.67. The Morgan fingerprint density at radius 2 is 2.05 bits per heavy atom. The maximum Gasteiger partial charge on any atom is 0.123 e. The number of halogens is 1. The average molecular weight is 291 g/mol. The molecule has 0 bridgehead atoms. The first-order valence-corrected chi connectivity index (χ1v) is 8.17. The van der Waals surface area contributed by atoms with Gasteiger partial charge in [0.15, 0.2) is 0 Å². The molecule has 2 aliphatic rings. The molecule has 21 heavy (non-hydrogen) atoms. The third-order valence-corrected chi connectivity index (χ3v) is 5.24. The van der Waals surface area contributed by atoms with Gasteiger partial charge >= 0.3 is 0 Å². The van der Waals surface area contributed by atoms with Crippen LogP contribution in [0.25, 0.3) is 0 Å². The van der Waals surface area contributed by atoms with Crippen molar-refractivity contribution < 1.29 is 9.13 Å². The first-order chi connectivity index (χ1) is 10.1. The molecule has 0 amide bonds. The Bertz CT molecular complexity index is 465. The summed E-state index contributed by atoms with van der Waals surface area (Å²) in [4.78, 5) is 0. The predicted octanol–water partition coefficient (Wildman–Crippen LogP) is 3.93. The van der Waals surface area contributed by atoms with E-state index >= 15 is 0 Å². The van der Waals surface area contributed by atoms with Gasteiger partial charge in [0.05, 0.1) is 12.7 Å². The summed E-state index contributed by atoms with van der Waals surface area (Å²) in [7, 11) is 0. The van der Waals surface area contributed by atoms with E-state index in [0.29, 0.717) is 17.3 Å². The van der Waals surface area contributed by atoms with Crippen molar-refractivity contribution in [3.8, 4) is 0 Å². The molecule has 1 aromatic rings. The molecular weight excluding hydrogens is 265 g/mol. The third kappa shape index (κ3) is 3.14. The van der Waals surface area contributed by atoms with E-state index in [9.17, 15) is 4.39 Å². The fourth-order valence-electron chi connectivity index (χ4n) is 3.97. The molecule has 2 aliphatic heterocycles. The van der Waals surface area contributed by atoms with Crippen molar-refractivity contribution in [3.05, 3.63) is 35.6 Å². The predicted molar refractivity (Wildman–Crippen MR) is 82.6 cm³/mol. The third-order valence-electron chi connectivity index (χ3n) is 5.24. The summed E-state index contributed by atoms with van der Waals surface area (Å²) in [5.41, 5.74) is 1.43. The quantitative estimate of drug-likeness (QED) is 0.891. The molecule has 2 fully saturated rings. The zero-order valence-electron chi connectivity index (χ0n) is 13.1. The van der Waals surface area contributed by atoms with Gasteiger partial charge in [-0.05, 0) is 55.3 Å². The standard InChI is InChI=1S/C18H26FNO/c1-13(2)16-10-18(8-3-9-20-11-18)12-21-17(16)14-4-6-15(19)7-5-14/h4-7,13,16-17,20H,3,8-12H2,1-2H3/t16-,17-,18+/m0/s1. The number of rotatable bonds is 2. The second-order valence-corrected chi connectivity index (χ2v) is 7.18. The van der Waals surface area contributed by atoms with Crippen LogP contribution in [0, 0.1) is 23.1 Å². The van der Waals surface area contributed by atoms with Crippen LogP contribution in [-0.4, -0.2) is 19.7 Å². The Hall–Kier alpha value is -0.930. The van der Waals surface area contributed by atoms with Crippen molar-refractivity contribution in [1.29, 1.82) is 0 Å². The SMILES string of the molecule is CC(C)[C@@H]1C[C@@]2(CCCNC2)CO[C@H]1c1ccc(F)cc1. The highest BCUT2D eigenvalue weighted by molar-refractivity contribution is 5.20. The molecule has 3 atom stereocenters. The number of hydrogen-bond donors (Lipinski definition) is 1. The van der Waals surface area contributed by atoms with E-state index in [0.717, 1.165) is 25.3 Å². The van der Waals surface area contributed by atoms with E-state index in [1.807, 2.05) is 12.1 Å². The number of benzene rings is 1. The fourth-order valence-corrected chi connectivity index (χ4v) is 3.97. The van der Waals surface area contributed by atoms with Gasteiger partial charge in [-0.2, -0.15) is 0 Å². The second kappa shape index (κ2) is 6.05. The van der Waals surface area contributed by atoms with Crippen molar-refractivity contribution in [2.45, 2.75) is 39.2 Å². The number of nitrogens with one attached hydrogen (secondary N) is 1. The monoisotopic (exact) mass is 291 g/mol. The van der Waals surface area contributed by atoms with Gasteiger partial charge in [0, 0.05) is 12.0 Å². The Labute approximate surface area is 127 Å². The van der Waals surface area contributed by atoms with Crippen molar-refractivity contribution in [3.63, 3.8) is 0 Å². The van der Waals surface area contributed by atoms with Gasteiger partial charge in [0.2, 0.25) is 0 Å². The van der Waals surface area contributed by atoms with Gasteiger partial charge in [0.25, 0.3) is 0 Å². The van der Waals surface area contributed by atoms with Gasteiger partial charge < -0.3 is 10.1 Å². The normalized spacial score (nSPS) is 33.5. The first-order valence-electron chi connectivity index (χ1n) is 8.17. The molecule has 1 spiro atoms. The van der Waals surface area contributed by atoms with E-state index in [4.69, 9.17) is 4.74 Å². The van der Waals surface area contributed by atoms with Gasteiger partial charge in [-0.3, -0.25) is 0 Å². The molecule has 116 valence electrons. The zero-order valence-corrected chi connectivity index (χ0v) is 13.1. The van der Waals surface area contributed by atoms with E-state index in [-0.39, 0.29) is 11.9 Å². The molecule has 2 heterocycles. The van der Waals surface area contributed by atoms with Gasteiger partial charge in [-0.15, -0.1) is 0 Å². The van der Waals surface area contributed by atoms with Crippen LogP contribution in [0.3, 0.4) is 0 Å². The summed E-state index contributed by atoms with van der Waals surface area (Å²) in [5.74, 6) is 0.895. The molecule has 0 aromatic heterocycles. The molecule has 1 aromatic carbocycles. The molecule has 3 rings (SSSR count). The van der Waals surface area contributed by atoms with Crippen molar-refractivity contribution >= 4 is 0 Å². The average Bonchev–Trinajstić information content (AvgIpc) is 2.49. The van der Waals surface area contributed by atoms with Crippen LogP contribution in [-0.2, 0) is 4.74 Å². The molecular formula is C18H26FNO. The molecule has 0 radical (unpaired) electrons. The van der Waals surface area contributed by atoms with Crippen molar-refractivity contribution in [2.75, 3.05) is 19.7 Å². The molecule has 0 unspecified atom stereocenters. The lowest BCUT2D eigenvalue weighted by molar-refractivity contribution is -0.120. The summed E-state index contributed by atoms with van der Waals surface area (Å²) in [6.07, 6.45) is 3.83. The Kier molecular flexibility index (Phi) is 4.32. The molecule has 0 aliphatic carbocycles. The maximum absolute atomic E-state index is 13.1. The van der Waals surface area contributed by atoms with Gasteiger partial charge in [-0.25, -0.2) is 4.39 Å². The largest absolute Gasteiger partial charge is 0.373 e. The Morgan fingerprint density at radius 1 is 1.29 bits per heavy atom. The first kappa shape index (κ1) is 15.0. The smallest absolute Gasteiger partial charge is 0.123 e. The second-order valence-electron chi connectivity index (χ2n) is 7.18. The van der Waals surface area contributed by atoms with Crippen LogP contribution in [0.4, 0.5) is 4.39 Å². The van der Waals surface area contributed by atoms with Gasteiger partial charge in [-0.1, -0.05) is 26.0 Å². The van der Waals surface area contributed by atoms with Crippen LogP contribution >= 0.6 is 0 Å². The highest BCUT2D eigenvalue weighted by Crippen LogP contribution is 2.47. The van der Waals surface area contributed by atoms with E-state index < -0.39 is 0 Å². The highest BCUT2D eigenvalue weighted by atomic mass is 19.1. The summed E-state index contributed by atoms with van der Waals surface area (Å²) < 4.78 is 19.5. The highest BCUT2D eigenvalue weighted by Gasteiger charge is 2.43. The van der Waals surface area contributed by atoms with E-state index in [1.165, 1.54) is 19.3 Å². The van der Waals surface area contributed by atoms with Crippen molar-refractivity contribution in [2.24, 2.45) is 17.3 Å². The molecule has 3 heteroatoms. The summed E-state index contributed by atoms with van der Waals surface area (Å²) in [5, 5.41) is 3.54. The number of piperidine rings is 1. The zero-order chi connectivity index (χ0) is 14.9. The number of ether oxygens (including phenoxy) is 1. The molecule has 2 saturated heterocycles. The minimum atomic E-state index is -0.177. The summed E-state index contributed by atoms with van der Waals surface area (Å²) in [6.45, 7) is 7.59. The van der Waals surface area contributed by atoms with E-state index in [1.54, 1.807) is 12.1 Å². The van der Waals surface area contributed by atoms with E-state index in [2.05, 4.69) is 19.2 Å². The van der Waals surface area contributed by atoms with Crippen molar-refractivity contribution in [1.82, 2.24) is 5.32 Å². The topological polar surface area (TPSA) is 21.3 Å². The van der Waals surface area contributed by atoms with Crippen LogP contribution in [0.15, 0.2) is 24.3 Å². The lowest BCUT2D eigenvalue weighted by Crippen LogP contribution is -2.49. The molecule has 2 nitrogen and oxygen atoms in total. The van der Waals surface area contributed by atoms with Crippen LogP contribution in [0.1, 0.15) is 44.8 Å². The van der Waals surface area contributed by atoms with Crippen LogP contribution < -0.4 is 5.32 Å². The lowest BCUT2D eigenvalue weighted by Gasteiger charge is -2.48. The summed E-state index contributed by atoms with van der Waals surface area (Å²) in [6, 6.07) is 6.85. The fraction of sp³-hybridized carbons (Fsp3) is 0.667. The minimum absolute atomic E-state index is 0.109. The Morgan fingerprint density at radius 3 is 2.67 bits per heavy atom. The summed E-state index contributed by atoms with van der Waals surface area (Å²) >= 11 is 0. The Balaban J connectivity index is 1.80. The van der Waals surface area contributed by atoms with Crippen LogP contribution in [0.2, 0.25) is 0 Å². The van der Waals surface area contributed by atoms with Gasteiger partial charge in [0.1, 0.15) is 5.82 Å². The molecule has 1 N–H and O–H groups in total. The van der Waals surface area contributed by atoms with Crippen LogP contribution in [0.5, 0.6) is 0 Å².